The van der Waals surface area contributed by atoms with Gasteiger partial charge in [0.25, 0.3) is 5.91 Å². The fourth-order valence-corrected chi connectivity index (χ4v) is 3.06. The highest BCUT2D eigenvalue weighted by Gasteiger charge is 2.14. The summed E-state index contributed by atoms with van der Waals surface area (Å²) in [6.07, 6.45) is 0. The number of amides is 1. The number of carbonyl (C=O) groups is 1. The van der Waals surface area contributed by atoms with Gasteiger partial charge >= 0.3 is 0 Å². The van der Waals surface area contributed by atoms with Crippen LogP contribution in [0, 0.1) is 5.82 Å². The van der Waals surface area contributed by atoms with Gasteiger partial charge in [-0.15, -0.1) is 0 Å². The lowest BCUT2D eigenvalue weighted by Gasteiger charge is -2.16. The van der Waals surface area contributed by atoms with Gasteiger partial charge in [0.2, 0.25) is 0 Å². The van der Waals surface area contributed by atoms with Gasteiger partial charge < -0.3 is 14.8 Å². The van der Waals surface area contributed by atoms with Gasteiger partial charge in [-0.25, -0.2) is 4.39 Å². The molecule has 1 N–H and O–H groups in total. The van der Waals surface area contributed by atoms with Crippen LogP contribution in [0.4, 0.5) is 4.39 Å². The van der Waals surface area contributed by atoms with Crippen LogP contribution in [0.25, 0.3) is 0 Å². The number of hydrogen-bond donors (Lipinski definition) is 1. The monoisotopic (exact) mass is 427 g/mol. The molecule has 0 aliphatic rings. The van der Waals surface area contributed by atoms with Crippen molar-refractivity contribution in [3.8, 4) is 11.5 Å². The Labute approximate surface area is 180 Å². The Morgan fingerprint density at radius 2 is 1.73 bits per heavy atom. The van der Waals surface area contributed by atoms with Gasteiger partial charge in [-0.2, -0.15) is 0 Å². The number of rotatable bonds is 8. The van der Waals surface area contributed by atoms with E-state index < -0.39 is 0 Å². The van der Waals surface area contributed by atoms with Crippen LogP contribution in [0.5, 0.6) is 11.5 Å². The maximum Gasteiger partial charge on any atom is 0.251 e. The highest BCUT2D eigenvalue weighted by Crippen LogP contribution is 2.24. The molecular formula is C24H23ClFNO3. The summed E-state index contributed by atoms with van der Waals surface area (Å²) in [7, 11) is 0. The summed E-state index contributed by atoms with van der Waals surface area (Å²) < 4.78 is 24.6. The highest BCUT2D eigenvalue weighted by molar-refractivity contribution is 6.30. The molecule has 1 amide bonds. The highest BCUT2D eigenvalue weighted by atomic mass is 35.5. The van der Waals surface area contributed by atoms with E-state index in [2.05, 4.69) is 5.32 Å². The summed E-state index contributed by atoms with van der Waals surface area (Å²) in [5, 5.41) is 3.56. The molecule has 0 saturated carbocycles. The molecule has 0 bridgehead atoms. The van der Waals surface area contributed by atoms with E-state index in [1.807, 2.05) is 13.8 Å². The molecule has 0 aromatic heterocycles. The second-order valence-corrected chi connectivity index (χ2v) is 7.18. The van der Waals surface area contributed by atoms with Crippen molar-refractivity contribution in [2.24, 2.45) is 0 Å². The average molecular weight is 428 g/mol. The molecule has 0 radical (unpaired) electrons. The summed E-state index contributed by atoms with van der Waals surface area (Å²) in [5.41, 5.74) is 2.07. The van der Waals surface area contributed by atoms with Gasteiger partial charge in [0, 0.05) is 16.1 Å². The first-order valence-corrected chi connectivity index (χ1v) is 10.0. The van der Waals surface area contributed by atoms with Crippen molar-refractivity contribution in [3.63, 3.8) is 0 Å². The van der Waals surface area contributed by atoms with E-state index in [9.17, 15) is 9.18 Å². The Hall–Kier alpha value is -3.05. The molecule has 1 atom stereocenters. The molecule has 3 aromatic carbocycles. The zero-order valence-corrected chi connectivity index (χ0v) is 17.6. The van der Waals surface area contributed by atoms with Crippen LogP contribution < -0.4 is 14.8 Å². The first-order chi connectivity index (χ1) is 14.5. The quantitative estimate of drug-likeness (QED) is 0.483. The summed E-state index contributed by atoms with van der Waals surface area (Å²) >= 11 is 5.91. The third-order valence-corrected chi connectivity index (χ3v) is 4.80. The molecule has 0 saturated heterocycles. The third kappa shape index (κ3) is 5.74. The predicted octanol–water partition coefficient (Wildman–Crippen LogP) is 5.95. The molecular weight excluding hydrogens is 405 g/mol. The Morgan fingerprint density at radius 1 is 1.03 bits per heavy atom. The molecule has 0 heterocycles. The Kier molecular flexibility index (Phi) is 7.31. The molecule has 6 heteroatoms. The first-order valence-electron chi connectivity index (χ1n) is 9.66. The normalized spacial score (nSPS) is 11.6. The van der Waals surface area contributed by atoms with E-state index in [0.717, 1.165) is 11.1 Å². The van der Waals surface area contributed by atoms with Crippen LogP contribution in [-0.2, 0) is 6.61 Å². The number of nitrogens with one attached hydrogen (secondary N) is 1. The van der Waals surface area contributed by atoms with Crippen molar-refractivity contribution in [1.82, 2.24) is 5.32 Å². The fraction of sp³-hybridized carbons (Fsp3) is 0.208. The maximum atomic E-state index is 13.1. The van der Waals surface area contributed by atoms with Crippen molar-refractivity contribution < 1.29 is 18.7 Å². The van der Waals surface area contributed by atoms with Crippen molar-refractivity contribution in [3.05, 3.63) is 94.3 Å². The zero-order valence-electron chi connectivity index (χ0n) is 16.8. The number of benzene rings is 3. The minimum Gasteiger partial charge on any atom is -0.493 e. The van der Waals surface area contributed by atoms with Crippen LogP contribution in [0.15, 0.2) is 66.7 Å². The van der Waals surface area contributed by atoms with Gasteiger partial charge in [0.05, 0.1) is 12.6 Å². The minimum absolute atomic E-state index is 0.234. The van der Waals surface area contributed by atoms with Gasteiger partial charge in [-0.1, -0.05) is 23.7 Å². The van der Waals surface area contributed by atoms with Crippen molar-refractivity contribution >= 4 is 17.5 Å². The summed E-state index contributed by atoms with van der Waals surface area (Å²) in [6.45, 7) is 4.49. The van der Waals surface area contributed by atoms with Crippen LogP contribution in [0.2, 0.25) is 5.02 Å². The van der Waals surface area contributed by atoms with Crippen molar-refractivity contribution in [2.45, 2.75) is 26.5 Å². The number of halogens is 2. The van der Waals surface area contributed by atoms with Crippen LogP contribution in [0.3, 0.4) is 0 Å². The van der Waals surface area contributed by atoms with Gasteiger partial charge in [-0.3, -0.25) is 4.79 Å². The zero-order chi connectivity index (χ0) is 21.5. The Balaban J connectivity index is 1.73. The molecule has 4 nitrogen and oxygen atoms in total. The van der Waals surface area contributed by atoms with E-state index in [0.29, 0.717) is 28.7 Å². The van der Waals surface area contributed by atoms with E-state index in [1.54, 1.807) is 54.6 Å². The van der Waals surface area contributed by atoms with Crippen LogP contribution in [-0.4, -0.2) is 12.5 Å². The lowest BCUT2D eigenvalue weighted by molar-refractivity contribution is 0.0939. The molecule has 0 aliphatic heterocycles. The first kappa shape index (κ1) is 21.7. The molecule has 156 valence electrons. The van der Waals surface area contributed by atoms with Crippen molar-refractivity contribution in [2.75, 3.05) is 6.61 Å². The second-order valence-electron chi connectivity index (χ2n) is 6.74. The molecule has 0 fully saturated rings. The average Bonchev–Trinajstić information content (AvgIpc) is 2.74. The molecule has 3 rings (SSSR count). The fourth-order valence-electron chi connectivity index (χ4n) is 2.94. The van der Waals surface area contributed by atoms with Crippen LogP contribution >= 0.6 is 11.6 Å². The molecule has 0 spiro atoms. The number of carbonyl (C=O) groups excluding carboxylic acids is 1. The molecule has 30 heavy (non-hydrogen) atoms. The van der Waals surface area contributed by atoms with Gasteiger partial charge in [0.1, 0.15) is 23.9 Å². The molecule has 0 aliphatic carbocycles. The van der Waals surface area contributed by atoms with Crippen LogP contribution in [0.1, 0.15) is 41.4 Å². The van der Waals surface area contributed by atoms with Gasteiger partial charge in [0.15, 0.2) is 0 Å². The SMILES string of the molecule is CCOc1ccc(C(=O)NC(C)c2ccc(F)cc2)cc1COc1ccc(Cl)cc1. The maximum absolute atomic E-state index is 13.1. The number of hydrogen-bond acceptors (Lipinski definition) is 3. The lowest BCUT2D eigenvalue weighted by Crippen LogP contribution is -2.26. The topological polar surface area (TPSA) is 47.6 Å². The van der Waals surface area contributed by atoms with Crippen molar-refractivity contribution in [1.29, 1.82) is 0 Å². The second kappa shape index (κ2) is 10.1. The predicted molar refractivity (Wildman–Crippen MR) is 116 cm³/mol. The smallest absolute Gasteiger partial charge is 0.251 e. The Bertz CT molecular complexity index is 990. The largest absolute Gasteiger partial charge is 0.493 e. The standard InChI is InChI=1S/C24H23ClFNO3/c1-3-29-23-13-6-18(14-19(23)15-30-22-11-7-20(25)8-12-22)24(28)27-16(2)17-4-9-21(26)10-5-17/h4-14,16H,3,15H2,1-2H3,(H,27,28). The number of ether oxygens (including phenoxy) is 2. The lowest BCUT2D eigenvalue weighted by atomic mass is 10.1. The molecule has 1 unspecified atom stereocenters. The minimum atomic E-state index is -0.311. The van der Waals surface area contributed by atoms with Gasteiger partial charge in [-0.05, 0) is 74.0 Å². The summed E-state index contributed by atoms with van der Waals surface area (Å²) in [5.74, 6) is 0.785. The van der Waals surface area contributed by atoms with E-state index >= 15 is 0 Å². The summed E-state index contributed by atoms with van der Waals surface area (Å²) in [6, 6.07) is 18.1. The van der Waals surface area contributed by atoms with E-state index in [1.165, 1.54) is 12.1 Å². The molecule has 3 aromatic rings. The summed E-state index contributed by atoms with van der Waals surface area (Å²) in [4.78, 5) is 12.7. The van der Waals surface area contributed by atoms with E-state index in [4.69, 9.17) is 21.1 Å². The van der Waals surface area contributed by atoms with E-state index in [-0.39, 0.29) is 24.4 Å². The Morgan fingerprint density at radius 3 is 2.40 bits per heavy atom. The third-order valence-electron chi connectivity index (χ3n) is 4.55.